The zero-order valence-electron chi connectivity index (χ0n) is 53.1. The minimum atomic E-state index is -1.63. The van der Waals surface area contributed by atoms with Gasteiger partial charge in [0.05, 0.1) is 40.3 Å². The third-order valence-electron chi connectivity index (χ3n) is 14.3. The first-order chi connectivity index (χ1) is 39.6. The molecule has 0 heterocycles. The summed E-state index contributed by atoms with van der Waals surface area (Å²) >= 11 is 0. The normalized spacial score (nSPS) is 13.3. The number of unbranched alkanes of at least 4 members (excludes halogenated alkanes) is 30. The van der Waals surface area contributed by atoms with Crippen LogP contribution in [0.15, 0.2) is 97.2 Å². The van der Waals surface area contributed by atoms with Gasteiger partial charge in [-0.2, -0.15) is 0 Å². The van der Waals surface area contributed by atoms with E-state index in [1.807, 2.05) is 21.1 Å². The maximum atomic E-state index is 12.9. The molecule has 0 bridgehead atoms. The molecular formula is C72H125NO8. The lowest BCUT2D eigenvalue weighted by atomic mass is 10.0. The highest BCUT2D eigenvalue weighted by atomic mass is 16.7. The molecule has 81 heavy (non-hydrogen) atoms. The second-order valence-corrected chi connectivity index (χ2v) is 23.4. The highest BCUT2D eigenvalue weighted by molar-refractivity contribution is 5.70. The number of allylic oxidation sites excluding steroid dienone is 16. The highest BCUT2D eigenvalue weighted by Gasteiger charge is 2.22. The SMILES string of the molecule is CC/C=C\C/C=C\C/C=C\C/C=C\C/C=C\C/C=C\CCCCCCCCCCCCCCCCCCC(=O)OC(COC(=O)CCCCCCCCCCC/C=C\C/C=C\CCCCCCC)COC(OCC[N+](C)(C)C)C(=O)[O-]. The van der Waals surface area contributed by atoms with Gasteiger partial charge in [0.2, 0.25) is 0 Å². The summed E-state index contributed by atoms with van der Waals surface area (Å²) < 4.78 is 22.8. The summed E-state index contributed by atoms with van der Waals surface area (Å²) in [5.74, 6) is -2.28. The van der Waals surface area contributed by atoms with Gasteiger partial charge in [0.1, 0.15) is 13.2 Å². The number of hydrogen-bond acceptors (Lipinski definition) is 8. The van der Waals surface area contributed by atoms with Crippen molar-refractivity contribution in [3.05, 3.63) is 97.2 Å². The fourth-order valence-corrected chi connectivity index (χ4v) is 9.22. The molecule has 2 atom stereocenters. The largest absolute Gasteiger partial charge is 0.545 e. The second-order valence-electron chi connectivity index (χ2n) is 23.4. The number of esters is 2. The molecule has 9 heteroatoms. The van der Waals surface area contributed by atoms with E-state index in [2.05, 4.69) is 111 Å². The van der Waals surface area contributed by atoms with Crippen LogP contribution in [0.1, 0.15) is 284 Å². The molecule has 0 aliphatic heterocycles. The lowest BCUT2D eigenvalue weighted by molar-refractivity contribution is -0.870. The lowest BCUT2D eigenvalue weighted by Gasteiger charge is -2.26. The van der Waals surface area contributed by atoms with Crippen LogP contribution in [-0.2, 0) is 33.3 Å². The van der Waals surface area contributed by atoms with Gasteiger partial charge in [0.25, 0.3) is 0 Å². The molecule has 0 spiro atoms. The molecule has 0 aromatic rings. The summed E-state index contributed by atoms with van der Waals surface area (Å²) in [5.41, 5.74) is 0. The molecule has 466 valence electrons. The predicted molar refractivity (Wildman–Crippen MR) is 343 cm³/mol. The molecule has 0 N–H and O–H groups in total. The van der Waals surface area contributed by atoms with Gasteiger partial charge in [-0.15, -0.1) is 0 Å². The summed E-state index contributed by atoms with van der Waals surface area (Å²) in [7, 11) is 5.93. The Kier molecular flexibility index (Phi) is 59.3. The Labute approximate surface area is 499 Å². The van der Waals surface area contributed by atoms with E-state index in [0.717, 1.165) is 83.5 Å². The van der Waals surface area contributed by atoms with E-state index in [1.165, 1.54) is 167 Å². The number of carbonyl (C=O) groups is 3. The molecule has 0 saturated heterocycles. The quantitative estimate of drug-likeness (QED) is 0.0195. The fraction of sp³-hybridized carbons (Fsp3) is 0.736. The standard InChI is InChI=1S/C72H125NO8/c1-6-8-10-12-14-16-18-20-22-24-26-28-29-30-31-32-33-34-35-36-37-38-39-40-41-43-45-47-49-51-53-55-57-59-61-63-70(75)81-68(67-80-72(71(76)77)78-65-64-73(3,4)5)66-79-69(74)62-60-58-56-54-52-50-48-46-44-42-27-25-23-21-19-17-15-13-11-9-7-2/h8,10,14,16,19-22,25-28,30-31,33-34,68,72H,6-7,9,11-13,15,17-18,23-24,29,32,35-67H2,1-5H3/b10-8-,16-14-,21-19-,22-20-,27-25-,28-26-,31-30-,34-33-. The molecule has 0 fully saturated rings. The number of rotatable bonds is 61. The van der Waals surface area contributed by atoms with Gasteiger partial charge in [-0.25, -0.2) is 0 Å². The number of carboxylic acid groups (broad SMARTS) is 1. The Hall–Kier alpha value is -3.79. The Balaban J connectivity index is 4.12. The number of hydrogen-bond donors (Lipinski definition) is 0. The molecule has 0 radical (unpaired) electrons. The van der Waals surface area contributed by atoms with E-state index >= 15 is 0 Å². The third-order valence-corrected chi connectivity index (χ3v) is 14.3. The number of ether oxygens (including phenoxy) is 4. The minimum absolute atomic E-state index is 0.145. The van der Waals surface area contributed by atoms with Gasteiger partial charge in [0, 0.05) is 12.8 Å². The van der Waals surface area contributed by atoms with Gasteiger partial charge in [-0.3, -0.25) is 9.59 Å². The van der Waals surface area contributed by atoms with Gasteiger partial charge in [-0.1, -0.05) is 272 Å². The van der Waals surface area contributed by atoms with Gasteiger partial charge < -0.3 is 33.3 Å². The van der Waals surface area contributed by atoms with Crippen LogP contribution >= 0.6 is 0 Å². The van der Waals surface area contributed by atoms with Crippen molar-refractivity contribution in [3.8, 4) is 0 Å². The van der Waals surface area contributed by atoms with E-state index in [-0.39, 0.29) is 38.6 Å². The lowest BCUT2D eigenvalue weighted by Crippen LogP contribution is -2.44. The van der Waals surface area contributed by atoms with Gasteiger partial charge in [-0.05, 0) is 96.3 Å². The molecule has 0 aromatic carbocycles. The average Bonchev–Trinajstić information content (AvgIpc) is 3.44. The van der Waals surface area contributed by atoms with Crippen LogP contribution in [0, 0.1) is 0 Å². The first-order valence-electron chi connectivity index (χ1n) is 33.4. The molecule has 0 saturated carbocycles. The van der Waals surface area contributed by atoms with Crippen molar-refractivity contribution in [2.75, 3.05) is 47.5 Å². The third kappa shape index (κ3) is 63.6. The highest BCUT2D eigenvalue weighted by Crippen LogP contribution is 2.17. The molecule has 0 rings (SSSR count). The van der Waals surface area contributed by atoms with Crippen molar-refractivity contribution < 1.29 is 42.9 Å². The smallest absolute Gasteiger partial charge is 0.306 e. The molecule has 2 unspecified atom stereocenters. The number of aliphatic carboxylic acids is 1. The maximum absolute atomic E-state index is 12.9. The van der Waals surface area contributed by atoms with Crippen LogP contribution in [0.25, 0.3) is 0 Å². The van der Waals surface area contributed by atoms with E-state index < -0.39 is 24.3 Å². The second kappa shape index (κ2) is 62.3. The zero-order valence-corrected chi connectivity index (χ0v) is 53.1. The summed E-state index contributed by atoms with van der Waals surface area (Å²) in [6.07, 6.45) is 81.9. The fourth-order valence-electron chi connectivity index (χ4n) is 9.22. The average molecular weight is 1130 g/mol. The summed E-state index contributed by atoms with van der Waals surface area (Å²) in [5, 5.41) is 11.8. The van der Waals surface area contributed by atoms with Crippen LogP contribution in [0.3, 0.4) is 0 Å². The summed E-state index contributed by atoms with van der Waals surface area (Å²) in [4.78, 5) is 37.4. The van der Waals surface area contributed by atoms with Crippen LogP contribution in [0.5, 0.6) is 0 Å². The Morgan fingerprint density at radius 1 is 0.383 bits per heavy atom. The van der Waals surface area contributed by atoms with E-state index in [4.69, 9.17) is 18.9 Å². The van der Waals surface area contributed by atoms with Crippen molar-refractivity contribution >= 4 is 17.9 Å². The molecule has 0 amide bonds. The monoisotopic (exact) mass is 1130 g/mol. The Bertz CT molecular complexity index is 1650. The van der Waals surface area contributed by atoms with Crippen molar-refractivity contribution in [1.29, 1.82) is 0 Å². The topological polar surface area (TPSA) is 111 Å². The summed E-state index contributed by atoms with van der Waals surface area (Å²) in [6.45, 7) is 4.64. The van der Waals surface area contributed by atoms with E-state index in [9.17, 15) is 19.5 Å². The van der Waals surface area contributed by atoms with Crippen molar-refractivity contribution in [3.63, 3.8) is 0 Å². The van der Waals surface area contributed by atoms with E-state index in [0.29, 0.717) is 17.4 Å². The molecule has 9 nitrogen and oxygen atoms in total. The maximum Gasteiger partial charge on any atom is 0.306 e. The van der Waals surface area contributed by atoms with Crippen LogP contribution < -0.4 is 5.11 Å². The number of nitrogens with zero attached hydrogens (tertiary/aromatic N) is 1. The zero-order chi connectivity index (χ0) is 59.1. The molecular weight excluding hydrogens is 1010 g/mol. The van der Waals surface area contributed by atoms with Crippen LogP contribution in [-0.4, -0.2) is 82.3 Å². The summed E-state index contributed by atoms with van der Waals surface area (Å²) in [6, 6.07) is 0. The van der Waals surface area contributed by atoms with Crippen molar-refractivity contribution in [2.24, 2.45) is 0 Å². The van der Waals surface area contributed by atoms with Crippen LogP contribution in [0.2, 0.25) is 0 Å². The van der Waals surface area contributed by atoms with Gasteiger partial charge >= 0.3 is 11.9 Å². The van der Waals surface area contributed by atoms with E-state index in [1.54, 1.807) is 0 Å². The number of likely N-dealkylation sites (N-methyl/N-ethyl adjacent to an activating group) is 1. The first-order valence-corrected chi connectivity index (χ1v) is 33.4. The molecule has 0 aliphatic carbocycles. The van der Waals surface area contributed by atoms with Crippen molar-refractivity contribution in [2.45, 2.75) is 296 Å². The molecule has 0 aliphatic rings. The number of carbonyl (C=O) groups excluding carboxylic acids is 3. The Morgan fingerprint density at radius 3 is 1.05 bits per heavy atom. The minimum Gasteiger partial charge on any atom is -0.545 e. The molecule has 0 aromatic heterocycles. The van der Waals surface area contributed by atoms with Crippen molar-refractivity contribution in [1.82, 2.24) is 0 Å². The first kappa shape index (κ1) is 77.2. The van der Waals surface area contributed by atoms with Gasteiger partial charge in [0.15, 0.2) is 12.4 Å². The van der Waals surface area contributed by atoms with Crippen LogP contribution in [0.4, 0.5) is 0 Å². The predicted octanol–water partition coefficient (Wildman–Crippen LogP) is 19.1. The Morgan fingerprint density at radius 2 is 0.704 bits per heavy atom. The number of quaternary nitrogens is 1. The number of carboxylic acids is 1.